The highest BCUT2D eigenvalue weighted by Gasteiger charge is 2.44. The molecular weight excluding hydrogens is 955 g/mol. The number of aliphatic hydroxyl groups excluding tert-OH is 7. The summed E-state index contributed by atoms with van der Waals surface area (Å²) in [5, 5.41) is 76.3. The molecule has 9 atom stereocenters. The smallest absolute Gasteiger partial charge is 0.249 e. The second-order valence-electron chi connectivity index (χ2n) is 22.8. The highest BCUT2D eigenvalue weighted by atomic mass is 16.7. The molecule has 11 heteroatoms. The summed E-state index contributed by atoms with van der Waals surface area (Å²) >= 11 is 0. The maximum atomic E-state index is 13.2. The van der Waals surface area contributed by atoms with Crippen LogP contribution in [0.3, 0.4) is 0 Å². The number of allylic oxidation sites excluding steroid dienone is 6. The molecule has 1 amide bonds. The Bertz CT molecular complexity index is 1330. The van der Waals surface area contributed by atoms with Crippen LogP contribution < -0.4 is 5.32 Å². The minimum absolute atomic E-state index is 0.247. The molecule has 0 aliphatic carbocycles. The van der Waals surface area contributed by atoms with E-state index >= 15 is 0 Å². The normalized spacial score (nSPS) is 19.8. The van der Waals surface area contributed by atoms with Gasteiger partial charge in [-0.1, -0.05) is 262 Å². The van der Waals surface area contributed by atoms with E-state index in [0.717, 1.165) is 38.5 Å². The van der Waals surface area contributed by atoms with E-state index in [0.29, 0.717) is 19.3 Å². The zero-order chi connectivity index (χ0) is 55.4. The molecule has 0 aromatic rings. The molecule has 1 aliphatic heterocycles. The molecule has 8 N–H and O–H groups in total. The van der Waals surface area contributed by atoms with E-state index in [4.69, 9.17) is 9.47 Å². The van der Waals surface area contributed by atoms with Crippen molar-refractivity contribution in [3.63, 3.8) is 0 Å². The Morgan fingerprint density at radius 1 is 0.447 bits per heavy atom. The number of aliphatic hydroxyl groups is 7. The van der Waals surface area contributed by atoms with Crippen LogP contribution in [0, 0.1) is 0 Å². The van der Waals surface area contributed by atoms with E-state index in [1.165, 1.54) is 218 Å². The third kappa shape index (κ3) is 41.4. The Balaban J connectivity index is 2.28. The van der Waals surface area contributed by atoms with Gasteiger partial charge in [-0.2, -0.15) is 0 Å². The molecule has 0 saturated carbocycles. The fourth-order valence-corrected chi connectivity index (χ4v) is 10.4. The standard InChI is InChI=1S/C65H123NO10/c1-3-5-7-9-11-13-15-17-19-21-23-25-27-28-29-31-33-35-37-39-41-43-45-47-49-51-53-58(69)64(74)66-56(55-75-65-63(73)62(72)61(71)59(54-67)76-65)60(70)57(68)52-50-48-46-44-42-40-38-36-34-32-30-26-24-22-20-18-16-14-12-10-8-6-4-2/h28-29,36,38,44,46,56-63,65,67-73H,3-27,30-35,37,39-43,45,47-55H2,1-2H3,(H,66,74)/b29-28-,38-36+,46-44+. The van der Waals surface area contributed by atoms with Gasteiger partial charge in [0.2, 0.25) is 5.91 Å². The Kier molecular flexibility index (Phi) is 51.3. The fourth-order valence-electron chi connectivity index (χ4n) is 10.4. The molecule has 448 valence electrons. The summed E-state index contributed by atoms with van der Waals surface area (Å²) in [5.41, 5.74) is 0. The number of hydrogen-bond donors (Lipinski definition) is 8. The molecule has 0 radical (unpaired) electrons. The first-order valence-corrected chi connectivity index (χ1v) is 32.4. The van der Waals surface area contributed by atoms with E-state index in [-0.39, 0.29) is 12.8 Å². The van der Waals surface area contributed by atoms with Crippen LogP contribution in [0.5, 0.6) is 0 Å². The molecule has 76 heavy (non-hydrogen) atoms. The maximum Gasteiger partial charge on any atom is 0.249 e. The largest absolute Gasteiger partial charge is 0.394 e. The van der Waals surface area contributed by atoms with Gasteiger partial charge in [0, 0.05) is 0 Å². The lowest BCUT2D eigenvalue weighted by molar-refractivity contribution is -0.303. The second-order valence-corrected chi connectivity index (χ2v) is 22.8. The van der Waals surface area contributed by atoms with Crippen LogP contribution in [0.1, 0.15) is 303 Å². The summed E-state index contributed by atoms with van der Waals surface area (Å²) < 4.78 is 11.2. The van der Waals surface area contributed by atoms with Gasteiger partial charge in [-0.15, -0.1) is 0 Å². The van der Waals surface area contributed by atoms with Crippen LogP contribution in [0.2, 0.25) is 0 Å². The number of carbonyl (C=O) groups is 1. The van der Waals surface area contributed by atoms with E-state index in [2.05, 4.69) is 55.6 Å². The van der Waals surface area contributed by atoms with Gasteiger partial charge in [0.1, 0.15) is 36.6 Å². The van der Waals surface area contributed by atoms with Gasteiger partial charge >= 0.3 is 0 Å². The van der Waals surface area contributed by atoms with Crippen molar-refractivity contribution in [1.82, 2.24) is 5.32 Å². The number of unbranched alkanes of at least 4 members (excludes halogenated alkanes) is 38. The summed E-state index contributed by atoms with van der Waals surface area (Å²) in [4.78, 5) is 13.2. The molecule has 1 saturated heterocycles. The average Bonchev–Trinajstić information content (AvgIpc) is 3.42. The fraction of sp³-hybridized carbons (Fsp3) is 0.892. The monoisotopic (exact) mass is 1080 g/mol. The molecule has 1 heterocycles. The third-order valence-corrected chi connectivity index (χ3v) is 15.6. The van der Waals surface area contributed by atoms with Crippen molar-refractivity contribution in [2.45, 2.75) is 358 Å². The number of amides is 1. The van der Waals surface area contributed by atoms with Gasteiger partial charge in [0.05, 0.1) is 25.4 Å². The zero-order valence-corrected chi connectivity index (χ0v) is 49.2. The number of carbonyl (C=O) groups excluding carboxylic acids is 1. The maximum absolute atomic E-state index is 13.2. The minimum Gasteiger partial charge on any atom is -0.394 e. The molecule has 0 aromatic carbocycles. The summed E-state index contributed by atoms with van der Waals surface area (Å²) in [6.07, 6.45) is 56.4. The van der Waals surface area contributed by atoms with Crippen LogP contribution in [-0.2, 0) is 14.3 Å². The first-order chi connectivity index (χ1) is 37.2. The van der Waals surface area contributed by atoms with E-state index < -0.39 is 74.2 Å². The Morgan fingerprint density at radius 2 is 0.789 bits per heavy atom. The number of rotatable bonds is 56. The third-order valence-electron chi connectivity index (χ3n) is 15.6. The van der Waals surface area contributed by atoms with Crippen LogP contribution in [0.4, 0.5) is 0 Å². The topological polar surface area (TPSA) is 189 Å². The first-order valence-electron chi connectivity index (χ1n) is 32.4. The van der Waals surface area contributed by atoms with Crippen molar-refractivity contribution in [3.8, 4) is 0 Å². The van der Waals surface area contributed by atoms with Gasteiger partial charge in [0.15, 0.2) is 6.29 Å². The molecule has 0 bridgehead atoms. The van der Waals surface area contributed by atoms with Crippen molar-refractivity contribution in [2.75, 3.05) is 13.2 Å². The SMILES string of the molecule is CCCCCCCCCCCCCC/C=C\CCCCCCCCCCCCC(O)C(=O)NC(COC1OC(CO)C(O)C(O)C1O)C(O)C(O)CCC/C=C/CC/C=C/CCCCCCCCCCCCCCCC. The van der Waals surface area contributed by atoms with Crippen molar-refractivity contribution in [3.05, 3.63) is 36.5 Å². The lowest BCUT2D eigenvalue weighted by Crippen LogP contribution is -2.60. The van der Waals surface area contributed by atoms with E-state index in [9.17, 15) is 40.5 Å². The van der Waals surface area contributed by atoms with Crippen LogP contribution in [0.15, 0.2) is 36.5 Å². The molecule has 0 spiro atoms. The van der Waals surface area contributed by atoms with Crippen LogP contribution in [-0.4, -0.2) is 110 Å². The van der Waals surface area contributed by atoms with Gasteiger partial charge in [0.25, 0.3) is 0 Å². The van der Waals surface area contributed by atoms with Crippen molar-refractivity contribution in [1.29, 1.82) is 0 Å². The van der Waals surface area contributed by atoms with Gasteiger partial charge in [-0.3, -0.25) is 4.79 Å². The zero-order valence-electron chi connectivity index (χ0n) is 49.2. The number of ether oxygens (including phenoxy) is 2. The average molecular weight is 1080 g/mol. The highest BCUT2D eigenvalue weighted by Crippen LogP contribution is 2.23. The van der Waals surface area contributed by atoms with E-state index in [1.807, 2.05) is 0 Å². The summed E-state index contributed by atoms with van der Waals surface area (Å²) in [5.74, 6) is -0.708. The van der Waals surface area contributed by atoms with Gasteiger partial charge in [-0.05, 0) is 77.0 Å². The summed E-state index contributed by atoms with van der Waals surface area (Å²) in [6, 6.07) is -1.19. The Morgan fingerprint density at radius 3 is 1.17 bits per heavy atom. The van der Waals surface area contributed by atoms with Crippen LogP contribution in [0.25, 0.3) is 0 Å². The summed E-state index contributed by atoms with van der Waals surface area (Å²) in [7, 11) is 0. The lowest BCUT2D eigenvalue weighted by Gasteiger charge is -2.40. The minimum atomic E-state index is -1.67. The Labute approximate surface area is 467 Å². The molecular formula is C65H123NO10. The van der Waals surface area contributed by atoms with Gasteiger partial charge < -0.3 is 50.5 Å². The Hall–Kier alpha value is -1.67. The molecule has 11 nitrogen and oxygen atoms in total. The predicted octanol–water partition coefficient (Wildman–Crippen LogP) is 14.6. The van der Waals surface area contributed by atoms with Crippen molar-refractivity contribution in [2.24, 2.45) is 0 Å². The molecule has 1 fully saturated rings. The molecule has 0 aromatic heterocycles. The van der Waals surface area contributed by atoms with E-state index in [1.54, 1.807) is 0 Å². The molecule has 9 unspecified atom stereocenters. The van der Waals surface area contributed by atoms with Crippen molar-refractivity contribution < 1.29 is 50.0 Å². The summed E-state index contributed by atoms with van der Waals surface area (Å²) in [6.45, 7) is 3.48. The quantitative estimate of drug-likeness (QED) is 0.0215. The first kappa shape index (κ1) is 72.3. The predicted molar refractivity (Wildman–Crippen MR) is 316 cm³/mol. The molecule has 1 aliphatic rings. The highest BCUT2D eigenvalue weighted by molar-refractivity contribution is 5.80. The van der Waals surface area contributed by atoms with Crippen molar-refractivity contribution >= 4 is 5.91 Å². The van der Waals surface area contributed by atoms with Gasteiger partial charge in [-0.25, -0.2) is 0 Å². The number of nitrogens with one attached hydrogen (secondary N) is 1. The number of hydrogen-bond acceptors (Lipinski definition) is 10. The van der Waals surface area contributed by atoms with Crippen LogP contribution >= 0.6 is 0 Å². The lowest BCUT2D eigenvalue weighted by atomic mass is 9.98. The second kappa shape index (κ2) is 53.9. The molecule has 1 rings (SSSR count).